The molecule has 1 aromatic carbocycles. The number of quaternary nitrogens is 1. The van der Waals surface area contributed by atoms with Gasteiger partial charge in [-0.2, -0.15) is 0 Å². The molecule has 0 saturated carbocycles. The third-order valence-corrected chi connectivity index (χ3v) is 4.90. The monoisotopic (exact) mass is 264 g/mol. The van der Waals surface area contributed by atoms with Crippen LogP contribution in [-0.4, -0.2) is 36.4 Å². The van der Waals surface area contributed by atoms with Crippen LogP contribution in [0.5, 0.6) is 0 Å². The number of hydrogen-bond acceptors (Lipinski definition) is 1. The van der Waals surface area contributed by atoms with E-state index in [1.54, 1.807) is 6.07 Å². The fourth-order valence-corrected chi connectivity index (χ4v) is 3.62. The van der Waals surface area contributed by atoms with Gasteiger partial charge in [0, 0.05) is 10.6 Å². The number of carbonyl (C=O) groups excluding carboxylic acids is 1. The Morgan fingerprint density at radius 1 is 1.22 bits per heavy atom. The predicted octanol–water partition coefficient (Wildman–Crippen LogP) is 3.15. The highest BCUT2D eigenvalue weighted by Crippen LogP contribution is 2.33. The van der Waals surface area contributed by atoms with Gasteiger partial charge in [-0.3, -0.25) is 4.79 Å². The molecule has 3 aliphatic heterocycles. The lowest BCUT2D eigenvalue weighted by Crippen LogP contribution is -2.60. The van der Waals surface area contributed by atoms with Gasteiger partial charge < -0.3 is 4.48 Å². The number of hydrogen-bond donors (Lipinski definition) is 0. The van der Waals surface area contributed by atoms with Crippen LogP contribution >= 0.6 is 11.6 Å². The number of fused-ring (bicyclic) bond motifs is 3. The molecule has 3 heterocycles. The maximum absolute atomic E-state index is 12.4. The molecule has 0 N–H and O–H groups in total. The van der Waals surface area contributed by atoms with Crippen molar-refractivity contribution < 1.29 is 9.28 Å². The first kappa shape index (κ1) is 12.2. The second-order valence-electron chi connectivity index (χ2n) is 5.84. The molecule has 1 aromatic rings. The summed E-state index contributed by atoms with van der Waals surface area (Å²) in [4.78, 5) is 12.4. The number of piperidine rings is 3. The fourth-order valence-electron chi connectivity index (χ4n) is 3.43. The Morgan fingerprint density at radius 2 is 1.89 bits per heavy atom. The van der Waals surface area contributed by atoms with Crippen molar-refractivity contribution in [1.29, 1.82) is 0 Å². The SMILES string of the molecule is O=C(C[N+]12CCC(CC1)CC2)c1cccc(Cl)c1. The van der Waals surface area contributed by atoms with Crippen molar-refractivity contribution in [3.05, 3.63) is 34.9 Å². The number of halogens is 1. The Kier molecular flexibility index (Phi) is 3.16. The van der Waals surface area contributed by atoms with E-state index in [2.05, 4.69) is 0 Å². The molecule has 3 saturated heterocycles. The molecule has 0 spiro atoms. The highest BCUT2D eigenvalue weighted by atomic mass is 35.5. The van der Waals surface area contributed by atoms with Crippen LogP contribution in [0, 0.1) is 5.92 Å². The van der Waals surface area contributed by atoms with Crippen molar-refractivity contribution in [3.8, 4) is 0 Å². The molecule has 96 valence electrons. The molecule has 3 aliphatic rings. The summed E-state index contributed by atoms with van der Waals surface area (Å²) in [6, 6.07) is 7.34. The summed E-state index contributed by atoms with van der Waals surface area (Å²) in [7, 11) is 0. The van der Waals surface area contributed by atoms with Crippen LogP contribution in [0.4, 0.5) is 0 Å². The predicted molar refractivity (Wildman–Crippen MR) is 72.9 cm³/mol. The van der Waals surface area contributed by atoms with Gasteiger partial charge in [0.15, 0.2) is 0 Å². The largest absolute Gasteiger partial charge is 0.317 e. The van der Waals surface area contributed by atoms with E-state index in [0.717, 1.165) is 16.0 Å². The number of carbonyl (C=O) groups is 1. The van der Waals surface area contributed by atoms with E-state index in [1.165, 1.54) is 38.9 Å². The third-order valence-electron chi connectivity index (χ3n) is 4.66. The van der Waals surface area contributed by atoms with E-state index < -0.39 is 0 Å². The number of ketones is 1. The van der Waals surface area contributed by atoms with Gasteiger partial charge in [0.1, 0.15) is 6.54 Å². The molecule has 18 heavy (non-hydrogen) atoms. The maximum Gasteiger partial charge on any atom is 0.216 e. The summed E-state index contributed by atoms with van der Waals surface area (Å²) in [5.41, 5.74) is 0.766. The summed E-state index contributed by atoms with van der Waals surface area (Å²) in [6.07, 6.45) is 3.93. The fraction of sp³-hybridized carbons (Fsp3) is 0.533. The number of rotatable bonds is 3. The Morgan fingerprint density at radius 3 is 2.50 bits per heavy atom. The smallest absolute Gasteiger partial charge is 0.216 e. The quantitative estimate of drug-likeness (QED) is 0.605. The standard InChI is InChI=1S/C15H19ClNO/c16-14-3-1-2-13(10-14)15(18)11-17-7-4-12(5-8-17)6-9-17/h1-3,10,12H,4-9,11H2/q+1. The second-order valence-corrected chi connectivity index (χ2v) is 6.27. The van der Waals surface area contributed by atoms with Gasteiger partial charge in [0.25, 0.3) is 0 Å². The zero-order valence-electron chi connectivity index (χ0n) is 10.6. The lowest BCUT2D eigenvalue weighted by Gasteiger charge is -2.48. The summed E-state index contributed by atoms with van der Waals surface area (Å²) >= 11 is 5.95. The first-order chi connectivity index (χ1) is 8.67. The molecule has 3 fully saturated rings. The highest BCUT2D eigenvalue weighted by Gasteiger charge is 2.40. The van der Waals surface area contributed by atoms with E-state index in [4.69, 9.17) is 11.6 Å². The second kappa shape index (κ2) is 4.67. The third kappa shape index (κ3) is 2.32. The summed E-state index contributed by atoms with van der Waals surface area (Å²) in [6.45, 7) is 4.23. The van der Waals surface area contributed by atoms with Crippen molar-refractivity contribution in [2.75, 3.05) is 26.2 Å². The Balaban J connectivity index is 1.74. The molecule has 4 rings (SSSR count). The van der Waals surface area contributed by atoms with Crippen LogP contribution < -0.4 is 0 Å². The van der Waals surface area contributed by atoms with Gasteiger partial charge in [0.2, 0.25) is 5.78 Å². The number of Topliss-reactive ketones (excluding diaryl/α,β-unsaturated/α-hetero) is 1. The molecule has 0 aromatic heterocycles. The molecule has 0 unspecified atom stereocenters. The van der Waals surface area contributed by atoms with E-state index in [0.29, 0.717) is 11.6 Å². The zero-order chi connectivity index (χ0) is 12.6. The van der Waals surface area contributed by atoms with E-state index in [1.807, 2.05) is 18.2 Å². The zero-order valence-corrected chi connectivity index (χ0v) is 11.3. The molecule has 2 bridgehead atoms. The van der Waals surface area contributed by atoms with Crippen molar-refractivity contribution >= 4 is 17.4 Å². The van der Waals surface area contributed by atoms with Gasteiger partial charge in [-0.1, -0.05) is 23.7 Å². The maximum atomic E-state index is 12.4. The number of benzene rings is 1. The van der Waals surface area contributed by atoms with Gasteiger partial charge >= 0.3 is 0 Å². The summed E-state index contributed by atoms with van der Waals surface area (Å²) < 4.78 is 1.02. The van der Waals surface area contributed by atoms with Gasteiger partial charge in [-0.15, -0.1) is 0 Å². The van der Waals surface area contributed by atoms with E-state index in [9.17, 15) is 4.79 Å². The van der Waals surface area contributed by atoms with Gasteiger partial charge in [0.05, 0.1) is 19.6 Å². The van der Waals surface area contributed by atoms with Gasteiger partial charge in [-0.25, -0.2) is 0 Å². The van der Waals surface area contributed by atoms with Crippen LogP contribution in [0.25, 0.3) is 0 Å². The van der Waals surface area contributed by atoms with Gasteiger partial charge in [-0.05, 0) is 37.3 Å². The number of nitrogens with zero attached hydrogens (tertiary/aromatic N) is 1. The van der Waals surface area contributed by atoms with E-state index in [-0.39, 0.29) is 5.78 Å². The summed E-state index contributed by atoms with van der Waals surface area (Å²) in [5.74, 6) is 1.18. The van der Waals surface area contributed by atoms with Crippen molar-refractivity contribution in [2.24, 2.45) is 5.92 Å². The Labute approximate surface area is 113 Å². The Hall–Kier alpha value is -0.860. The van der Waals surface area contributed by atoms with Crippen LogP contribution in [0.1, 0.15) is 29.6 Å². The molecule has 0 atom stereocenters. The highest BCUT2D eigenvalue weighted by molar-refractivity contribution is 6.31. The lowest BCUT2D eigenvalue weighted by molar-refractivity contribution is -0.935. The Bertz CT molecular complexity index is 450. The topological polar surface area (TPSA) is 17.1 Å². The molecule has 2 nitrogen and oxygen atoms in total. The average molecular weight is 265 g/mol. The minimum atomic E-state index is 0.248. The van der Waals surface area contributed by atoms with Crippen LogP contribution in [0.15, 0.2) is 24.3 Å². The average Bonchev–Trinajstić information content (AvgIpc) is 2.40. The first-order valence-electron chi connectivity index (χ1n) is 6.81. The van der Waals surface area contributed by atoms with E-state index >= 15 is 0 Å². The van der Waals surface area contributed by atoms with Crippen molar-refractivity contribution in [3.63, 3.8) is 0 Å². The van der Waals surface area contributed by atoms with Crippen molar-refractivity contribution in [2.45, 2.75) is 19.3 Å². The molecule has 3 heteroatoms. The lowest BCUT2D eigenvalue weighted by atomic mass is 9.85. The molecular formula is C15H19ClNO+. The minimum absolute atomic E-state index is 0.248. The molecule has 0 aliphatic carbocycles. The van der Waals surface area contributed by atoms with Crippen LogP contribution in [0.2, 0.25) is 5.02 Å². The molecule has 0 amide bonds. The van der Waals surface area contributed by atoms with Crippen LogP contribution in [0.3, 0.4) is 0 Å². The first-order valence-corrected chi connectivity index (χ1v) is 7.19. The molecular weight excluding hydrogens is 246 g/mol. The van der Waals surface area contributed by atoms with Crippen LogP contribution in [-0.2, 0) is 0 Å². The van der Waals surface area contributed by atoms with Crippen molar-refractivity contribution in [1.82, 2.24) is 0 Å². The minimum Gasteiger partial charge on any atom is -0.317 e. The normalized spacial score (nSPS) is 30.4. The summed E-state index contributed by atoms with van der Waals surface area (Å²) in [5, 5.41) is 0.651. The molecule has 0 radical (unpaired) electrons.